The van der Waals surface area contributed by atoms with Gasteiger partial charge in [-0.1, -0.05) is 12.1 Å². The highest BCUT2D eigenvalue weighted by molar-refractivity contribution is 5.57. The molecule has 32 heavy (non-hydrogen) atoms. The third kappa shape index (κ3) is 5.32. The Morgan fingerprint density at radius 3 is 2.50 bits per heavy atom. The van der Waals surface area contributed by atoms with Crippen LogP contribution in [-0.2, 0) is 4.79 Å². The first-order valence-corrected chi connectivity index (χ1v) is 11.7. The number of ether oxygens (including phenoxy) is 2. The van der Waals surface area contributed by atoms with E-state index in [0.717, 1.165) is 61.7 Å². The average Bonchev–Trinajstić information content (AvgIpc) is 3.67. The van der Waals surface area contributed by atoms with E-state index in [1.54, 1.807) is 13.2 Å². The summed E-state index contributed by atoms with van der Waals surface area (Å²) < 4.78 is 25.7. The summed E-state index contributed by atoms with van der Waals surface area (Å²) in [5.74, 6) is 2.22. The molecular formula is C27H33FO4. The zero-order valence-corrected chi connectivity index (χ0v) is 18.7. The Kier molecular flexibility index (Phi) is 7.46. The number of methoxy groups -OCH3 is 1. The van der Waals surface area contributed by atoms with Gasteiger partial charge < -0.3 is 19.4 Å². The van der Waals surface area contributed by atoms with Crippen LogP contribution in [-0.4, -0.2) is 31.7 Å². The predicted octanol–water partition coefficient (Wildman–Crippen LogP) is 5.49. The van der Waals surface area contributed by atoms with Crippen LogP contribution in [0.3, 0.4) is 0 Å². The van der Waals surface area contributed by atoms with Crippen LogP contribution in [0.15, 0.2) is 42.5 Å². The Morgan fingerprint density at radius 1 is 1.06 bits per heavy atom. The molecule has 1 N–H and O–H groups in total. The lowest BCUT2D eigenvalue weighted by molar-refractivity contribution is -0.113. The lowest BCUT2D eigenvalue weighted by Crippen LogP contribution is -2.21. The molecule has 2 aromatic carbocycles. The van der Waals surface area contributed by atoms with E-state index in [4.69, 9.17) is 9.47 Å². The van der Waals surface area contributed by atoms with Crippen LogP contribution in [0.5, 0.6) is 11.5 Å². The van der Waals surface area contributed by atoms with E-state index in [1.165, 1.54) is 6.07 Å². The third-order valence-electron chi connectivity index (χ3n) is 7.20. The van der Waals surface area contributed by atoms with Gasteiger partial charge in [0.05, 0.1) is 20.3 Å². The van der Waals surface area contributed by atoms with Crippen LogP contribution in [0.2, 0.25) is 0 Å². The highest BCUT2D eigenvalue weighted by atomic mass is 19.1. The number of hydrogen-bond donors (Lipinski definition) is 1. The van der Waals surface area contributed by atoms with Crippen molar-refractivity contribution in [2.75, 3.05) is 20.3 Å². The first-order chi connectivity index (χ1) is 15.6. The minimum Gasteiger partial charge on any atom is -0.497 e. The largest absolute Gasteiger partial charge is 0.497 e. The van der Waals surface area contributed by atoms with Crippen molar-refractivity contribution in [2.45, 2.75) is 50.4 Å². The van der Waals surface area contributed by atoms with Crippen molar-refractivity contribution in [3.63, 3.8) is 0 Å². The molecule has 0 radical (unpaired) electrons. The van der Waals surface area contributed by atoms with E-state index >= 15 is 0 Å². The molecule has 4 rings (SSSR count). The van der Waals surface area contributed by atoms with E-state index in [1.807, 2.05) is 30.3 Å². The summed E-state index contributed by atoms with van der Waals surface area (Å²) in [6.45, 7) is 0.523. The van der Waals surface area contributed by atoms with Gasteiger partial charge in [0.2, 0.25) is 0 Å². The Bertz CT molecular complexity index is 902. The van der Waals surface area contributed by atoms with Gasteiger partial charge in [0.15, 0.2) is 0 Å². The van der Waals surface area contributed by atoms with Gasteiger partial charge >= 0.3 is 0 Å². The molecule has 2 saturated carbocycles. The topological polar surface area (TPSA) is 55.8 Å². The number of hydrogen-bond acceptors (Lipinski definition) is 4. The zero-order valence-electron chi connectivity index (χ0n) is 18.7. The smallest absolute Gasteiger partial charge is 0.126 e. The highest BCUT2D eigenvalue weighted by Gasteiger charge is 2.37. The molecule has 2 aromatic rings. The molecule has 4 nitrogen and oxygen atoms in total. The summed E-state index contributed by atoms with van der Waals surface area (Å²) in [6, 6.07) is 13.0. The van der Waals surface area contributed by atoms with Crippen molar-refractivity contribution in [3.05, 3.63) is 59.4 Å². The van der Waals surface area contributed by atoms with Crippen LogP contribution in [0.25, 0.3) is 0 Å². The van der Waals surface area contributed by atoms with Gasteiger partial charge in [-0.2, -0.15) is 0 Å². The fraction of sp³-hybridized carbons (Fsp3) is 0.519. The molecule has 1 unspecified atom stereocenters. The maximum atomic E-state index is 14.3. The van der Waals surface area contributed by atoms with Gasteiger partial charge in [-0.05, 0) is 104 Å². The minimum atomic E-state index is -0.356. The molecule has 0 bridgehead atoms. The molecule has 172 valence electrons. The Labute approximate surface area is 189 Å². The Hall–Kier alpha value is -2.40. The lowest BCUT2D eigenvalue weighted by Gasteiger charge is -2.29. The molecule has 0 saturated heterocycles. The molecule has 2 aliphatic carbocycles. The lowest BCUT2D eigenvalue weighted by atomic mass is 9.79. The number of aliphatic hydroxyl groups excluding tert-OH is 1. The molecule has 0 aromatic heterocycles. The molecule has 0 aliphatic heterocycles. The highest BCUT2D eigenvalue weighted by Crippen LogP contribution is 2.46. The Balaban J connectivity index is 1.33. The molecule has 2 atom stereocenters. The van der Waals surface area contributed by atoms with E-state index in [2.05, 4.69) is 0 Å². The second kappa shape index (κ2) is 10.5. The number of rotatable bonds is 10. The van der Waals surface area contributed by atoms with Crippen molar-refractivity contribution in [2.24, 2.45) is 17.8 Å². The molecule has 0 heterocycles. The predicted molar refractivity (Wildman–Crippen MR) is 122 cm³/mol. The van der Waals surface area contributed by atoms with Crippen molar-refractivity contribution < 1.29 is 23.8 Å². The van der Waals surface area contributed by atoms with Gasteiger partial charge in [-0.15, -0.1) is 0 Å². The number of carbonyl (C=O) groups excluding carboxylic acids is 1. The monoisotopic (exact) mass is 440 g/mol. The maximum absolute atomic E-state index is 14.3. The number of aldehydes is 1. The van der Waals surface area contributed by atoms with Gasteiger partial charge in [0, 0.05) is 5.92 Å². The van der Waals surface area contributed by atoms with E-state index in [0.29, 0.717) is 24.2 Å². The molecule has 5 heteroatoms. The van der Waals surface area contributed by atoms with Gasteiger partial charge in [0.1, 0.15) is 23.6 Å². The first kappa shape index (κ1) is 22.8. The van der Waals surface area contributed by atoms with Crippen molar-refractivity contribution in [1.82, 2.24) is 0 Å². The molecular weight excluding hydrogens is 407 g/mol. The summed E-state index contributed by atoms with van der Waals surface area (Å²) in [5, 5.41) is 9.63. The van der Waals surface area contributed by atoms with Gasteiger partial charge in [-0.25, -0.2) is 4.39 Å². The van der Waals surface area contributed by atoms with Crippen molar-refractivity contribution in [3.8, 4) is 11.5 Å². The number of halogens is 1. The van der Waals surface area contributed by atoms with Crippen molar-refractivity contribution in [1.29, 1.82) is 0 Å². The zero-order chi connectivity index (χ0) is 22.5. The van der Waals surface area contributed by atoms with Crippen LogP contribution in [0, 0.1) is 23.6 Å². The second-order valence-electron chi connectivity index (χ2n) is 9.33. The molecule has 0 amide bonds. The summed E-state index contributed by atoms with van der Waals surface area (Å²) in [6.07, 6.45) is 7.00. The number of carbonyl (C=O) groups is 1. The number of aliphatic hydroxyl groups is 1. The molecule has 2 fully saturated rings. The summed E-state index contributed by atoms with van der Waals surface area (Å²) in [4.78, 5) is 11.5. The third-order valence-corrected chi connectivity index (χ3v) is 7.20. The van der Waals surface area contributed by atoms with Crippen molar-refractivity contribution >= 4 is 6.29 Å². The normalized spacial score (nSPS) is 22.7. The van der Waals surface area contributed by atoms with Crippen LogP contribution < -0.4 is 9.47 Å². The van der Waals surface area contributed by atoms with Gasteiger partial charge in [0.25, 0.3) is 0 Å². The van der Waals surface area contributed by atoms with Crippen LogP contribution >= 0.6 is 0 Å². The summed E-state index contributed by atoms with van der Waals surface area (Å²) in [7, 11) is 1.61. The SMILES string of the molecule is COc1ccc(F)c([C@H]2CC[C@H](COc3cccc([C@H](C(C=O)CO)C4CC4)c3)CC2)c1. The minimum absolute atomic E-state index is 0.0641. The van der Waals surface area contributed by atoms with E-state index < -0.39 is 0 Å². The van der Waals surface area contributed by atoms with Crippen LogP contribution in [0.4, 0.5) is 4.39 Å². The second-order valence-corrected chi connectivity index (χ2v) is 9.33. The van der Waals surface area contributed by atoms with Gasteiger partial charge in [-0.3, -0.25) is 0 Å². The van der Waals surface area contributed by atoms with E-state index in [9.17, 15) is 14.3 Å². The fourth-order valence-corrected chi connectivity index (χ4v) is 5.19. The standard InChI is InChI=1S/C27H33FO4/c1-31-23-11-12-26(28)25(14-23)19-7-5-18(6-8-19)17-32-24-4-2-3-21(13-24)27(20-9-10-20)22(15-29)16-30/h2-4,11-15,18-20,22,27,30H,5-10,16-17H2,1H3/t18-,19-,22?,27-/m1/s1. The van der Waals surface area contributed by atoms with Crippen LogP contribution in [0.1, 0.15) is 61.5 Å². The van der Waals surface area contributed by atoms with E-state index in [-0.39, 0.29) is 30.2 Å². The summed E-state index contributed by atoms with van der Waals surface area (Å²) >= 11 is 0. The summed E-state index contributed by atoms with van der Waals surface area (Å²) in [5.41, 5.74) is 1.84. The number of benzene rings is 2. The molecule has 0 spiro atoms. The first-order valence-electron chi connectivity index (χ1n) is 11.7. The average molecular weight is 441 g/mol. The fourth-order valence-electron chi connectivity index (χ4n) is 5.19. The molecule has 2 aliphatic rings. The quantitative estimate of drug-likeness (QED) is 0.497. The Morgan fingerprint density at radius 2 is 1.84 bits per heavy atom. The maximum Gasteiger partial charge on any atom is 0.126 e.